The highest BCUT2D eigenvalue weighted by Crippen LogP contribution is 2.26. The van der Waals surface area contributed by atoms with Gasteiger partial charge in [0.05, 0.1) is 17.6 Å². The molecule has 3 aromatic carbocycles. The maximum absolute atomic E-state index is 13.6. The van der Waals surface area contributed by atoms with Crippen LogP contribution in [0.25, 0.3) is 10.9 Å². The van der Waals surface area contributed by atoms with Crippen molar-refractivity contribution in [2.24, 2.45) is 0 Å². The van der Waals surface area contributed by atoms with E-state index < -0.39 is 0 Å². The zero-order chi connectivity index (χ0) is 24.7. The smallest absolute Gasteiger partial charge is 0.230 e. The summed E-state index contributed by atoms with van der Waals surface area (Å²) in [7, 11) is 0. The quantitative estimate of drug-likeness (QED) is 0.391. The van der Waals surface area contributed by atoms with Crippen molar-refractivity contribution in [1.29, 1.82) is 0 Å². The van der Waals surface area contributed by atoms with E-state index in [9.17, 15) is 9.59 Å². The van der Waals surface area contributed by atoms with Gasteiger partial charge >= 0.3 is 0 Å². The molecule has 0 spiro atoms. The molecule has 1 unspecified atom stereocenters. The van der Waals surface area contributed by atoms with Crippen LogP contribution in [0, 0.1) is 0 Å². The summed E-state index contributed by atoms with van der Waals surface area (Å²) in [5.41, 5.74) is 3.90. The van der Waals surface area contributed by atoms with Gasteiger partial charge in [-0.05, 0) is 35.7 Å². The van der Waals surface area contributed by atoms with Crippen molar-refractivity contribution >= 4 is 28.4 Å². The SMILES string of the molecule is O=C(CCC(C(=O)N1CCN(Cc2ccccc2)CC1)c1ccccc1)Nc1ccc2[nH]ncc2c1. The lowest BCUT2D eigenvalue weighted by atomic mass is 9.92. The van der Waals surface area contributed by atoms with Crippen LogP contribution in [0.4, 0.5) is 5.69 Å². The summed E-state index contributed by atoms with van der Waals surface area (Å²) in [6.07, 6.45) is 2.46. The van der Waals surface area contributed by atoms with Crippen molar-refractivity contribution < 1.29 is 9.59 Å². The minimum absolute atomic E-state index is 0.0979. The summed E-state index contributed by atoms with van der Waals surface area (Å²) in [6.45, 7) is 3.99. The lowest BCUT2D eigenvalue weighted by Gasteiger charge is -2.36. The number of nitrogens with zero attached hydrogens (tertiary/aromatic N) is 3. The number of hydrogen-bond acceptors (Lipinski definition) is 4. The summed E-state index contributed by atoms with van der Waals surface area (Å²) in [6, 6.07) is 25.9. The summed E-state index contributed by atoms with van der Waals surface area (Å²) in [5.74, 6) is -0.332. The number of fused-ring (bicyclic) bond motifs is 1. The van der Waals surface area contributed by atoms with Crippen LogP contribution >= 0.6 is 0 Å². The van der Waals surface area contributed by atoms with Gasteiger partial charge in [0.2, 0.25) is 11.8 Å². The number of piperazine rings is 1. The third-order valence-corrected chi connectivity index (χ3v) is 6.82. The number of amides is 2. The Hall–Kier alpha value is -3.97. The first kappa shape index (κ1) is 23.8. The van der Waals surface area contributed by atoms with Crippen LogP contribution in [-0.2, 0) is 16.1 Å². The second-order valence-electron chi connectivity index (χ2n) is 9.31. The van der Waals surface area contributed by atoms with Gasteiger partial charge in [0.15, 0.2) is 0 Å². The number of H-pyrrole nitrogens is 1. The van der Waals surface area contributed by atoms with Gasteiger partial charge in [0.25, 0.3) is 0 Å². The first-order valence-electron chi connectivity index (χ1n) is 12.5. The summed E-state index contributed by atoms with van der Waals surface area (Å²) >= 11 is 0. The zero-order valence-electron chi connectivity index (χ0n) is 20.3. The van der Waals surface area contributed by atoms with Gasteiger partial charge in [-0.25, -0.2) is 0 Å². The van der Waals surface area contributed by atoms with Crippen LogP contribution in [-0.4, -0.2) is 58.0 Å². The number of hydrogen-bond donors (Lipinski definition) is 2. The van der Waals surface area contributed by atoms with E-state index in [0.29, 0.717) is 19.5 Å². The second-order valence-corrected chi connectivity index (χ2v) is 9.31. The van der Waals surface area contributed by atoms with E-state index in [1.165, 1.54) is 5.56 Å². The molecule has 4 aromatic rings. The second kappa shape index (κ2) is 11.2. The molecule has 184 valence electrons. The average Bonchev–Trinajstić information content (AvgIpc) is 3.38. The predicted molar refractivity (Wildman–Crippen MR) is 141 cm³/mol. The molecule has 7 heteroatoms. The Morgan fingerprint density at radius 2 is 1.64 bits per heavy atom. The minimum Gasteiger partial charge on any atom is -0.340 e. The number of carbonyl (C=O) groups excluding carboxylic acids is 2. The maximum atomic E-state index is 13.6. The van der Waals surface area contributed by atoms with Crippen LogP contribution < -0.4 is 5.32 Å². The molecular weight excluding hydrogens is 450 g/mol. The van der Waals surface area contributed by atoms with Gasteiger partial charge in [-0.2, -0.15) is 5.10 Å². The molecule has 1 aliphatic heterocycles. The fraction of sp³-hybridized carbons (Fsp3) is 0.276. The largest absolute Gasteiger partial charge is 0.340 e. The molecule has 1 atom stereocenters. The van der Waals surface area contributed by atoms with E-state index >= 15 is 0 Å². The highest BCUT2D eigenvalue weighted by atomic mass is 16.2. The maximum Gasteiger partial charge on any atom is 0.230 e. The summed E-state index contributed by atoms with van der Waals surface area (Å²) in [5, 5.41) is 10.8. The van der Waals surface area contributed by atoms with Crippen molar-refractivity contribution in [2.45, 2.75) is 25.3 Å². The van der Waals surface area contributed by atoms with E-state index in [2.05, 4.69) is 44.7 Å². The lowest BCUT2D eigenvalue weighted by Crippen LogP contribution is -2.49. The van der Waals surface area contributed by atoms with E-state index in [1.54, 1.807) is 6.20 Å². The molecular formula is C29H31N5O2. The van der Waals surface area contributed by atoms with Crippen molar-refractivity contribution in [3.63, 3.8) is 0 Å². The van der Waals surface area contributed by atoms with E-state index in [0.717, 1.165) is 41.8 Å². The van der Waals surface area contributed by atoms with E-state index in [1.807, 2.05) is 59.5 Å². The number of benzene rings is 3. The number of rotatable bonds is 8. The van der Waals surface area contributed by atoms with Crippen molar-refractivity contribution in [1.82, 2.24) is 20.0 Å². The Labute approximate surface area is 211 Å². The Morgan fingerprint density at radius 3 is 2.39 bits per heavy atom. The van der Waals surface area contributed by atoms with E-state index in [4.69, 9.17) is 0 Å². The van der Waals surface area contributed by atoms with E-state index in [-0.39, 0.29) is 24.2 Å². The minimum atomic E-state index is -0.339. The average molecular weight is 482 g/mol. The first-order valence-corrected chi connectivity index (χ1v) is 12.5. The fourth-order valence-electron chi connectivity index (χ4n) is 4.83. The summed E-state index contributed by atoms with van der Waals surface area (Å²) in [4.78, 5) is 30.7. The van der Waals surface area contributed by atoms with Crippen molar-refractivity contribution in [3.8, 4) is 0 Å². The molecule has 0 bridgehead atoms. The Morgan fingerprint density at radius 1 is 0.917 bits per heavy atom. The van der Waals surface area contributed by atoms with Crippen LogP contribution in [0.2, 0.25) is 0 Å². The molecule has 36 heavy (non-hydrogen) atoms. The molecule has 1 fully saturated rings. The molecule has 7 nitrogen and oxygen atoms in total. The molecule has 2 heterocycles. The predicted octanol–water partition coefficient (Wildman–Crippen LogP) is 4.41. The van der Waals surface area contributed by atoms with Gasteiger partial charge in [0, 0.05) is 50.2 Å². The normalized spacial score (nSPS) is 15.1. The highest BCUT2D eigenvalue weighted by Gasteiger charge is 2.29. The first-order chi connectivity index (χ1) is 17.7. The molecule has 0 saturated carbocycles. The van der Waals surface area contributed by atoms with Crippen molar-refractivity contribution in [2.75, 3.05) is 31.5 Å². The van der Waals surface area contributed by atoms with Crippen LogP contribution in [0.3, 0.4) is 0 Å². The Kier molecular flexibility index (Phi) is 7.38. The standard InChI is InChI=1S/C29H31N5O2/c35-28(31-25-11-13-27-24(19-25)20-30-32-27)14-12-26(23-9-5-2-6-10-23)29(36)34-17-15-33(16-18-34)21-22-7-3-1-4-8-22/h1-11,13,19-20,26H,12,14-18,21H2,(H,30,32)(H,31,35). The molecule has 0 radical (unpaired) electrons. The third-order valence-electron chi connectivity index (χ3n) is 6.82. The zero-order valence-corrected chi connectivity index (χ0v) is 20.3. The van der Waals surface area contributed by atoms with Gasteiger partial charge in [-0.15, -0.1) is 0 Å². The van der Waals surface area contributed by atoms with Crippen LogP contribution in [0.5, 0.6) is 0 Å². The lowest BCUT2D eigenvalue weighted by molar-refractivity contribution is -0.135. The van der Waals surface area contributed by atoms with Crippen molar-refractivity contribution in [3.05, 3.63) is 96.2 Å². The molecule has 0 aliphatic carbocycles. The van der Waals surface area contributed by atoms with Gasteiger partial charge in [0.1, 0.15) is 0 Å². The fourth-order valence-corrected chi connectivity index (χ4v) is 4.83. The van der Waals surface area contributed by atoms with Crippen LogP contribution in [0.1, 0.15) is 29.9 Å². The number of aromatic amines is 1. The van der Waals surface area contributed by atoms with Crippen LogP contribution in [0.15, 0.2) is 85.1 Å². The molecule has 1 aromatic heterocycles. The Balaban J connectivity index is 1.20. The summed E-state index contributed by atoms with van der Waals surface area (Å²) < 4.78 is 0. The highest BCUT2D eigenvalue weighted by molar-refractivity contribution is 5.94. The van der Waals surface area contributed by atoms with Gasteiger partial charge in [-0.1, -0.05) is 60.7 Å². The number of aromatic nitrogens is 2. The van der Waals surface area contributed by atoms with Gasteiger partial charge < -0.3 is 10.2 Å². The Bertz CT molecular complexity index is 1300. The molecule has 1 saturated heterocycles. The molecule has 1 aliphatic rings. The molecule has 2 N–H and O–H groups in total. The topological polar surface area (TPSA) is 81.3 Å². The monoisotopic (exact) mass is 481 g/mol. The molecule has 5 rings (SSSR count). The number of nitrogens with one attached hydrogen (secondary N) is 2. The molecule has 2 amide bonds. The third kappa shape index (κ3) is 5.80. The number of carbonyl (C=O) groups is 2. The van der Waals surface area contributed by atoms with Gasteiger partial charge in [-0.3, -0.25) is 19.6 Å². The number of anilines is 1.